The summed E-state index contributed by atoms with van der Waals surface area (Å²) in [6, 6.07) is 16.0. The molecule has 192 valence electrons. The van der Waals surface area contributed by atoms with E-state index in [0.717, 1.165) is 71.8 Å². The van der Waals surface area contributed by atoms with E-state index < -0.39 is 0 Å². The summed E-state index contributed by atoms with van der Waals surface area (Å²) in [4.78, 5) is 27.0. The third-order valence-corrected chi connectivity index (χ3v) is 6.87. The van der Waals surface area contributed by atoms with Gasteiger partial charge in [0.25, 0.3) is 5.71 Å². The van der Waals surface area contributed by atoms with Gasteiger partial charge in [-0.2, -0.15) is 4.98 Å². The van der Waals surface area contributed by atoms with Gasteiger partial charge in [0.2, 0.25) is 0 Å². The highest BCUT2D eigenvalue weighted by atomic mass is 16.5. The van der Waals surface area contributed by atoms with Crippen LogP contribution in [0.2, 0.25) is 0 Å². The van der Waals surface area contributed by atoms with Crippen LogP contribution >= 0.6 is 0 Å². The first-order chi connectivity index (χ1) is 18.0. The highest BCUT2D eigenvalue weighted by Gasteiger charge is 2.26. The van der Waals surface area contributed by atoms with Crippen molar-refractivity contribution in [2.45, 2.75) is 46.5 Å². The number of carbonyl (C=O) groups is 1. The van der Waals surface area contributed by atoms with Crippen molar-refractivity contribution in [1.29, 1.82) is 0 Å². The quantitative estimate of drug-likeness (QED) is 0.351. The number of urea groups is 1. The number of nitrogens with one attached hydrogen (secondary N) is 1. The molecule has 1 aliphatic rings. The number of carbonyl (C=O) groups excluding carboxylic acids is 1. The summed E-state index contributed by atoms with van der Waals surface area (Å²) in [7, 11) is 0. The highest BCUT2D eigenvalue weighted by Crippen LogP contribution is 2.34. The van der Waals surface area contributed by atoms with Gasteiger partial charge in [0.05, 0.1) is 0 Å². The molecule has 37 heavy (non-hydrogen) atoms. The lowest BCUT2D eigenvalue weighted by Gasteiger charge is -2.24. The van der Waals surface area contributed by atoms with E-state index in [-0.39, 0.29) is 6.03 Å². The van der Waals surface area contributed by atoms with Crippen molar-refractivity contribution in [2.75, 3.05) is 36.4 Å². The van der Waals surface area contributed by atoms with E-state index in [1.165, 1.54) is 5.56 Å². The van der Waals surface area contributed by atoms with Gasteiger partial charge < -0.3 is 19.6 Å². The van der Waals surface area contributed by atoms with Crippen LogP contribution < -0.4 is 10.2 Å². The minimum atomic E-state index is -0.0692. The molecule has 0 unspecified atom stereocenters. The largest absolute Gasteiger partial charge is 0.354 e. The van der Waals surface area contributed by atoms with Crippen LogP contribution in [0, 0.1) is 13.8 Å². The van der Waals surface area contributed by atoms with Crippen LogP contribution in [0.1, 0.15) is 43.1 Å². The molecule has 0 spiro atoms. The molecule has 8 nitrogen and oxygen atoms in total. The summed E-state index contributed by atoms with van der Waals surface area (Å²) in [6.45, 7) is 8.96. The molecule has 0 radical (unpaired) electrons. The van der Waals surface area contributed by atoms with Crippen LogP contribution in [0.5, 0.6) is 0 Å². The number of fused-ring (bicyclic) bond motifs is 1. The predicted octanol–water partition coefficient (Wildman–Crippen LogP) is 5.99. The Balaban J connectivity index is 1.41. The summed E-state index contributed by atoms with van der Waals surface area (Å²) < 4.78 is 5.73. The topological polar surface area (TPSA) is 87.4 Å². The van der Waals surface area contributed by atoms with Crippen molar-refractivity contribution in [2.24, 2.45) is 0 Å². The Bertz CT molecular complexity index is 1380. The molecule has 0 aliphatic carbocycles. The molecule has 1 N–H and O–H groups in total. The highest BCUT2D eigenvalue weighted by molar-refractivity contribution is 5.98. The van der Waals surface area contributed by atoms with E-state index in [2.05, 4.69) is 35.3 Å². The molecule has 1 saturated heterocycles. The second kappa shape index (κ2) is 11.0. The number of amides is 2. The Morgan fingerprint density at radius 2 is 1.86 bits per heavy atom. The van der Waals surface area contributed by atoms with E-state index in [1.54, 1.807) is 0 Å². The van der Waals surface area contributed by atoms with Crippen LogP contribution in [0.15, 0.2) is 53.1 Å². The standard InChI is InChI=1S/C29H34N6O2/c1-4-5-12-24-31-27(25-26(33-37-28(25)32-24)22-10-7-6-8-11-22)34-15-9-16-35(18-17-34)29(36)30-23-14-13-20(2)19-21(23)3/h6-8,10-11,13-14,19H,4-5,9,12,15-18H2,1-3H3,(H,30,36). The zero-order valence-electron chi connectivity index (χ0n) is 21.8. The molecule has 1 fully saturated rings. The van der Waals surface area contributed by atoms with Crippen molar-refractivity contribution in [3.63, 3.8) is 0 Å². The Morgan fingerprint density at radius 1 is 1.03 bits per heavy atom. The molecule has 8 heteroatoms. The zero-order valence-corrected chi connectivity index (χ0v) is 21.8. The van der Waals surface area contributed by atoms with Crippen molar-refractivity contribution >= 4 is 28.6 Å². The molecule has 5 rings (SSSR count). The Kier molecular flexibility index (Phi) is 7.35. The minimum Gasteiger partial charge on any atom is -0.354 e. The van der Waals surface area contributed by atoms with Crippen molar-refractivity contribution in [3.8, 4) is 11.3 Å². The van der Waals surface area contributed by atoms with E-state index >= 15 is 0 Å². The molecule has 2 amide bonds. The van der Waals surface area contributed by atoms with Crippen molar-refractivity contribution in [1.82, 2.24) is 20.0 Å². The first kappa shape index (κ1) is 24.7. The second-order valence-electron chi connectivity index (χ2n) is 9.72. The Labute approximate surface area is 217 Å². The molecule has 0 bridgehead atoms. The number of hydrogen-bond acceptors (Lipinski definition) is 6. The summed E-state index contributed by atoms with van der Waals surface area (Å²) in [6.07, 6.45) is 3.70. The summed E-state index contributed by atoms with van der Waals surface area (Å²) in [5.74, 6) is 1.61. The van der Waals surface area contributed by atoms with Gasteiger partial charge in [-0.1, -0.05) is 66.5 Å². The van der Waals surface area contributed by atoms with Gasteiger partial charge in [0.1, 0.15) is 22.7 Å². The average molecular weight is 499 g/mol. The normalized spacial score (nSPS) is 14.1. The number of benzene rings is 2. The van der Waals surface area contributed by atoms with Crippen LogP contribution in [-0.2, 0) is 6.42 Å². The molecule has 2 aromatic heterocycles. The monoisotopic (exact) mass is 498 g/mol. The van der Waals surface area contributed by atoms with E-state index in [4.69, 9.17) is 14.5 Å². The molecule has 2 aromatic carbocycles. The number of anilines is 2. The van der Waals surface area contributed by atoms with Gasteiger partial charge in [0, 0.05) is 43.9 Å². The third kappa shape index (κ3) is 5.43. The first-order valence-corrected chi connectivity index (χ1v) is 13.1. The molecule has 0 saturated carbocycles. The van der Waals surface area contributed by atoms with Crippen molar-refractivity contribution < 1.29 is 9.32 Å². The van der Waals surface area contributed by atoms with Gasteiger partial charge in [0.15, 0.2) is 0 Å². The summed E-state index contributed by atoms with van der Waals surface area (Å²) >= 11 is 0. The molecule has 0 atom stereocenters. The van der Waals surface area contributed by atoms with Gasteiger partial charge in [-0.05, 0) is 38.3 Å². The number of unbranched alkanes of at least 4 members (excludes halogenated alkanes) is 1. The lowest BCUT2D eigenvalue weighted by Crippen LogP contribution is -2.38. The smallest absolute Gasteiger partial charge is 0.321 e. The average Bonchev–Trinajstić information content (AvgIpc) is 3.17. The Morgan fingerprint density at radius 3 is 2.65 bits per heavy atom. The van der Waals surface area contributed by atoms with Gasteiger partial charge in [-0.3, -0.25) is 0 Å². The van der Waals surface area contributed by atoms with Gasteiger partial charge in [-0.15, -0.1) is 0 Å². The van der Waals surface area contributed by atoms with Gasteiger partial charge >= 0.3 is 6.03 Å². The first-order valence-electron chi connectivity index (χ1n) is 13.1. The van der Waals surface area contributed by atoms with Gasteiger partial charge in [-0.25, -0.2) is 9.78 Å². The molecule has 1 aliphatic heterocycles. The van der Waals surface area contributed by atoms with Crippen LogP contribution in [-0.4, -0.2) is 52.2 Å². The van der Waals surface area contributed by atoms with E-state index in [0.29, 0.717) is 25.3 Å². The van der Waals surface area contributed by atoms with Crippen LogP contribution in [0.3, 0.4) is 0 Å². The van der Waals surface area contributed by atoms with E-state index in [9.17, 15) is 4.79 Å². The van der Waals surface area contributed by atoms with Crippen molar-refractivity contribution in [3.05, 3.63) is 65.5 Å². The fraction of sp³-hybridized carbons (Fsp3) is 0.379. The number of nitrogens with zero attached hydrogens (tertiary/aromatic N) is 5. The summed E-state index contributed by atoms with van der Waals surface area (Å²) in [5.41, 5.74) is 5.33. The maximum atomic E-state index is 13.1. The summed E-state index contributed by atoms with van der Waals surface area (Å²) in [5, 5.41) is 8.32. The molecular formula is C29H34N6O2. The molecule has 4 aromatic rings. The maximum absolute atomic E-state index is 13.1. The third-order valence-electron chi connectivity index (χ3n) is 6.87. The lowest BCUT2D eigenvalue weighted by molar-refractivity contribution is 0.215. The molecular weight excluding hydrogens is 464 g/mol. The maximum Gasteiger partial charge on any atom is 0.321 e. The zero-order chi connectivity index (χ0) is 25.8. The van der Waals surface area contributed by atoms with E-state index in [1.807, 2.05) is 54.3 Å². The second-order valence-corrected chi connectivity index (χ2v) is 9.72. The fourth-order valence-electron chi connectivity index (χ4n) is 4.83. The molecule has 3 heterocycles. The lowest BCUT2D eigenvalue weighted by atomic mass is 10.1. The van der Waals surface area contributed by atoms with Crippen LogP contribution in [0.25, 0.3) is 22.4 Å². The number of aryl methyl sites for hydroxylation is 3. The number of rotatable bonds is 6. The SMILES string of the molecule is CCCCc1nc(N2CCCN(C(=O)Nc3ccc(C)cc3C)CC2)c2c(-c3ccccc3)noc2n1. The fourth-order valence-corrected chi connectivity index (χ4v) is 4.83. The number of aromatic nitrogens is 3. The Hall–Kier alpha value is -3.94. The van der Waals surface area contributed by atoms with Crippen LogP contribution in [0.4, 0.5) is 16.3 Å². The number of hydrogen-bond donors (Lipinski definition) is 1. The minimum absolute atomic E-state index is 0.0692. The predicted molar refractivity (Wildman–Crippen MR) is 147 cm³/mol.